The van der Waals surface area contributed by atoms with E-state index in [1.807, 2.05) is 0 Å². The predicted molar refractivity (Wildman–Crippen MR) is 284 cm³/mol. The Morgan fingerprint density at radius 2 is 0.789 bits per heavy atom. The third-order valence-corrected chi connectivity index (χ3v) is 25.1. The van der Waals surface area contributed by atoms with Gasteiger partial charge < -0.3 is 24.2 Å². The normalized spacial score (nSPS) is 41.6. The molecule has 16 bridgehead atoms. The first-order valence-corrected chi connectivity index (χ1v) is 33.9. The van der Waals surface area contributed by atoms with Crippen molar-refractivity contribution in [1.82, 2.24) is 4.90 Å². The maximum Gasteiger partial charge on any atom is 0.367 e. The van der Waals surface area contributed by atoms with Gasteiger partial charge >= 0.3 is 16.5 Å². The highest BCUT2D eigenvalue weighted by Gasteiger charge is 2.60. The molecule has 16 saturated carbocycles. The van der Waals surface area contributed by atoms with Gasteiger partial charge in [-0.1, -0.05) is 20.8 Å². The summed E-state index contributed by atoms with van der Waals surface area (Å²) < 4.78 is 116. The predicted octanol–water partition coefficient (Wildman–Crippen LogP) is 11.5. The standard InChI is InChI=1S/C26H38F2O5S.C15H24F2O4S.C11H15ClO.C6H15N/c1-34(30,31)26(27,28)15-32-14-22(24-8-16-2-17(9-24)4-18(3-16)10-24)33-23(29)25-11-19-5-20(12-25)7-21(6-19)13-25;1-22(19,20)15(16,17)9-21-8-13(18)14-5-10-2-11(6-14)4-12(3-10)7-14;12-10(13)11-4-7-1-8(5-11)3-9(2-7)6-11;1-4-7(5-2)6-3/h16-22H,2-15H2,1H3;10-13,18H,2-9H2,1H3;7-9H,1-6H2;4-6H2,1-3H3. The molecule has 76 heavy (non-hydrogen) atoms. The lowest BCUT2D eigenvalue weighted by Gasteiger charge is -2.59. The van der Waals surface area contributed by atoms with Crippen molar-refractivity contribution in [1.29, 1.82) is 0 Å². The quantitative estimate of drug-likeness (QED) is 0.0792. The van der Waals surface area contributed by atoms with Crippen molar-refractivity contribution in [2.45, 2.75) is 198 Å². The lowest BCUT2D eigenvalue weighted by atomic mass is 9.48. The van der Waals surface area contributed by atoms with Gasteiger partial charge in [0.1, 0.15) is 19.3 Å². The minimum Gasteiger partial charge on any atom is -0.459 e. The number of sulfone groups is 2. The Labute approximate surface area is 457 Å². The number of esters is 1. The van der Waals surface area contributed by atoms with Crippen LogP contribution >= 0.6 is 11.6 Å². The molecule has 0 aromatic rings. The second kappa shape index (κ2) is 22.6. The van der Waals surface area contributed by atoms with Crippen molar-refractivity contribution in [2.24, 2.45) is 92.7 Å². The van der Waals surface area contributed by atoms with Crippen LogP contribution in [0.25, 0.3) is 0 Å². The maximum absolute atomic E-state index is 14.1. The molecule has 0 amide bonds. The first-order chi connectivity index (χ1) is 35.6. The second-order valence-corrected chi connectivity index (χ2v) is 32.7. The average molecular weight is 1140 g/mol. The van der Waals surface area contributed by atoms with E-state index >= 15 is 0 Å². The first kappa shape index (κ1) is 59.5. The van der Waals surface area contributed by atoms with Gasteiger partial charge in [0.25, 0.3) is 0 Å². The van der Waals surface area contributed by atoms with Gasteiger partial charge in [-0.25, -0.2) is 16.8 Å². The molecule has 11 nitrogen and oxygen atoms in total. The number of rotatable bonds is 18. The molecule has 16 aliphatic carbocycles. The van der Waals surface area contributed by atoms with Gasteiger partial charge in [0.15, 0.2) is 0 Å². The molecule has 16 aliphatic rings. The van der Waals surface area contributed by atoms with Crippen LogP contribution in [0.3, 0.4) is 0 Å². The summed E-state index contributed by atoms with van der Waals surface area (Å²) in [5, 5.41) is 2.62. The number of carbonyl (C=O) groups excluding carboxylic acids is 2. The lowest BCUT2D eigenvalue weighted by Crippen LogP contribution is -2.56. The highest BCUT2D eigenvalue weighted by atomic mass is 35.5. The van der Waals surface area contributed by atoms with Crippen LogP contribution in [-0.4, -0.2) is 119 Å². The number of hydrogen-bond acceptors (Lipinski definition) is 11. The minimum absolute atomic E-state index is 0.0356. The molecule has 0 aromatic carbocycles. The van der Waals surface area contributed by atoms with Crippen molar-refractivity contribution >= 4 is 42.5 Å². The van der Waals surface area contributed by atoms with Crippen LogP contribution in [-0.2, 0) is 43.5 Å². The molecule has 16 fully saturated rings. The van der Waals surface area contributed by atoms with Crippen LogP contribution in [0.2, 0.25) is 0 Å². The number of aliphatic hydroxyl groups is 1. The molecule has 1 N–H and O–H groups in total. The zero-order chi connectivity index (χ0) is 54.9. The molecular formula is C58H92ClF4NO10S2. The number of aliphatic hydroxyl groups excluding tert-OH is 1. The van der Waals surface area contributed by atoms with Gasteiger partial charge in [-0.05, 0) is 262 Å². The Kier molecular flexibility index (Phi) is 17.7. The fourth-order valence-corrected chi connectivity index (χ4v) is 20.9. The molecule has 0 saturated heterocycles. The van der Waals surface area contributed by atoms with Crippen LogP contribution < -0.4 is 0 Å². The molecule has 2 atom stereocenters. The second-order valence-electron chi connectivity index (χ2n) is 28.1. The fourth-order valence-electron chi connectivity index (χ4n) is 20.1. The van der Waals surface area contributed by atoms with Crippen molar-refractivity contribution in [3.63, 3.8) is 0 Å². The summed E-state index contributed by atoms with van der Waals surface area (Å²) >= 11 is 5.76. The number of ether oxygens (including phenoxy) is 3. The summed E-state index contributed by atoms with van der Waals surface area (Å²) in [5.41, 5.74) is -0.898. The molecule has 2 unspecified atom stereocenters. The summed E-state index contributed by atoms with van der Waals surface area (Å²) in [4.78, 5) is 27.6. The van der Waals surface area contributed by atoms with E-state index in [9.17, 15) is 49.1 Å². The van der Waals surface area contributed by atoms with Crippen LogP contribution in [0, 0.1) is 92.7 Å². The summed E-state index contributed by atoms with van der Waals surface area (Å²) in [5.74, 6) is 7.99. The van der Waals surface area contributed by atoms with Crippen LogP contribution in [0.5, 0.6) is 0 Å². The lowest BCUT2D eigenvalue weighted by molar-refractivity contribution is -0.204. The van der Waals surface area contributed by atoms with Gasteiger partial charge in [-0.15, -0.1) is 0 Å². The van der Waals surface area contributed by atoms with Crippen molar-refractivity contribution in [3.05, 3.63) is 0 Å². The Morgan fingerprint density at radius 3 is 1.07 bits per heavy atom. The van der Waals surface area contributed by atoms with E-state index in [1.54, 1.807) is 0 Å². The van der Waals surface area contributed by atoms with E-state index in [2.05, 4.69) is 25.7 Å². The molecule has 0 aliphatic heterocycles. The summed E-state index contributed by atoms with van der Waals surface area (Å²) in [6.45, 7) is 7.39. The largest absolute Gasteiger partial charge is 0.459 e. The van der Waals surface area contributed by atoms with Gasteiger partial charge in [-0.2, -0.15) is 17.6 Å². The maximum atomic E-state index is 14.1. The van der Waals surface area contributed by atoms with Crippen LogP contribution in [0.1, 0.15) is 175 Å². The number of hydrogen-bond donors (Lipinski definition) is 1. The van der Waals surface area contributed by atoms with Crippen molar-refractivity contribution in [2.75, 3.05) is 58.6 Å². The summed E-state index contributed by atoms with van der Waals surface area (Å²) in [6, 6.07) is 0. The molecule has 16 rings (SSSR count). The Morgan fingerprint density at radius 1 is 0.513 bits per heavy atom. The van der Waals surface area contributed by atoms with Crippen LogP contribution in [0.4, 0.5) is 17.6 Å². The Bertz CT molecular complexity index is 2150. The topological polar surface area (TPSA) is 154 Å². The van der Waals surface area contributed by atoms with Gasteiger partial charge in [0.2, 0.25) is 24.9 Å². The summed E-state index contributed by atoms with van der Waals surface area (Å²) in [7, 11) is -9.05. The van der Waals surface area contributed by atoms with E-state index in [-0.39, 0.29) is 40.7 Å². The smallest absolute Gasteiger partial charge is 0.367 e. The molecule has 0 heterocycles. The van der Waals surface area contributed by atoms with Crippen molar-refractivity contribution < 1.29 is 63.3 Å². The van der Waals surface area contributed by atoms with Gasteiger partial charge in [0.05, 0.1) is 24.7 Å². The van der Waals surface area contributed by atoms with E-state index < -0.39 is 61.0 Å². The Balaban J connectivity index is 0.000000143. The number of halogens is 5. The first-order valence-electron chi connectivity index (χ1n) is 29.7. The monoisotopic (exact) mass is 1140 g/mol. The fraction of sp³-hybridized carbons (Fsp3) is 0.966. The van der Waals surface area contributed by atoms with E-state index in [1.165, 1.54) is 96.7 Å². The third kappa shape index (κ3) is 12.6. The molecule has 436 valence electrons. The van der Waals surface area contributed by atoms with E-state index in [0.717, 1.165) is 94.8 Å². The SMILES string of the molecule is CCN(CC)CC.CS(=O)(=O)C(F)(F)COCC(O)C12CC3CC(CC(C3)C1)C2.CS(=O)(=O)C(F)(F)COCC(OC(=O)C12CC3CC(CC(C3)C1)C2)C12CC3CC(CC(C3)C1)C2.O=C(Cl)C12CC3CC(CC(C3)C1)C2. The molecular weight excluding hydrogens is 1050 g/mol. The highest BCUT2D eigenvalue weighted by molar-refractivity contribution is 7.92. The zero-order valence-electron chi connectivity index (χ0n) is 46.3. The molecule has 0 radical (unpaired) electrons. The zero-order valence-corrected chi connectivity index (χ0v) is 48.7. The van der Waals surface area contributed by atoms with Gasteiger partial charge in [0, 0.05) is 23.3 Å². The van der Waals surface area contributed by atoms with Gasteiger partial charge in [-0.3, -0.25) is 9.59 Å². The van der Waals surface area contributed by atoms with E-state index in [0.29, 0.717) is 65.8 Å². The molecule has 0 aromatic heterocycles. The van der Waals surface area contributed by atoms with Crippen LogP contribution in [0.15, 0.2) is 0 Å². The highest BCUT2D eigenvalue weighted by Crippen LogP contribution is 2.65. The van der Waals surface area contributed by atoms with Crippen molar-refractivity contribution in [3.8, 4) is 0 Å². The average Bonchev–Trinajstić information content (AvgIpc) is 3.30. The number of nitrogens with zero attached hydrogens (tertiary/aromatic N) is 1. The minimum atomic E-state index is -4.57. The Hall–Kier alpha value is -1.11. The van der Waals surface area contributed by atoms with E-state index in [4.69, 9.17) is 25.8 Å². The molecule has 0 spiro atoms. The number of alkyl halides is 4. The summed E-state index contributed by atoms with van der Waals surface area (Å²) in [6.07, 6.45) is 26.6. The molecule has 18 heteroatoms. The third-order valence-electron chi connectivity index (χ3n) is 22.2. The number of carbonyl (C=O) groups is 2.